The minimum atomic E-state index is -1.35. The molecular formula is C19H25NO3S. The van der Waals surface area contributed by atoms with Crippen LogP contribution in [-0.4, -0.2) is 27.6 Å². The molecule has 24 heavy (non-hydrogen) atoms. The molecule has 4 nitrogen and oxygen atoms in total. The van der Waals surface area contributed by atoms with Crippen LogP contribution in [0, 0.1) is 0 Å². The molecule has 130 valence electrons. The first kappa shape index (κ1) is 18.6. The molecule has 0 saturated heterocycles. The Bertz CT molecular complexity index is 731. The molecule has 0 aliphatic carbocycles. The van der Waals surface area contributed by atoms with Crippen LogP contribution >= 0.6 is 0 Å². The van der Waals surface area contributed by atoms with Crippen LogP contribution in [0.4, 0.5) is 0 Å². The van der Waals surface area contributed by atoms with Gasteiger partial charge in [0.1, 0.15) is 6.04 Å². The van der Waals surface area contributed by atoms with Crippen molar-refractivity contribution in [1.82, 2.24) is 4.72 Å². The average molecular weight is 347 g/mol. The molecule has 0 aliphatic heterocycles. The molecule has 0 radical (unpaired) electrons. The molecule has 0 amide bonds. The predicted molar refractivity (Wildman–Crippen MR) is 99.1 cm³/mol. The molecule has 0 spiro atoms. The van der Waals surface area contributed by atoms with Crippen LogP contribution in [0.2, 0.25) is 0 Å². The van der Waals surface area contributed by atoms with Crippen molar-refractivity contribution in [3.8, 4) is 0 Å². The summed E-state index contributed by atoms with van der Waals surface area (Å²) in [5.74, 6) is -0.372. The summed E-state index contributed by atoms with van der Waals surface area (Å²) in [5, 5.41) is 2.21. The fourth-order valence-corrected chi connectivity index (χ4v) is 3.20. The van der Waals surface area contributed by atoms with Crippen LogP contribution in [0.15, 0.2) is 42.5 Å². The summed E-state index contributed by atoms with van der Waals surface area (Å²) in [5.41, 5.74) is 1.03. The van der Waals surface area contributed by atoms with E-state index < -0.39 is 21.8 Å². The fraction of sp³-hybridized carbons (Fsp3) is 0.421. The lowest BCUT2D eigenvalue weighted by molar-refractivity contribution is -0.145. The summed E-state index contributed by atoms with van der Waals surface area (Å²) in [4.78, 5) is 12.3. The Hall–Kier alpha value is -1.72. The maximum absolute atomic E-state index is 12.4. The standard InChI is InChI=1S/C19H25NO3S/c1-5-23-18(21)17(20-24(22)19(2,3)4)13-15-11-8-10-14-9-6-7-12-16(14)15/h6-12,17,20H,5,13H2,1-4H3/t17-,24-/m1/s1. The van der Waals surface area contributed by atoms with E-state index in [0.29, 0.717) is 13.0 Å². The van der Waals surface area contributed by atoms with Crippen LogP contribution < -0.4 is 4.72 Å². The molecule has 5 heteroatoms. The zero-order valence-electron chi connectivity index (χ0n) is 14.7. The van der Waals surface area contributed by atoms with E-state index in [-0.39, 0.29) is 5.97 Å². The lowest BCUT2D eigenvalue weighted by atomic mass is 9.99. The molecule has 0 unspecified atom stereocenters. The molecule has 1 N–H and O–H groups in total. The summed E-state index contributed by atoms with van der Waals surface area (Å²) in [6.45, 7) is 7.69. The van der Waals surface area contributed by atoms with E-state index in [1.807, 2.05) is 63.2 Å². The number of fused-ring (bicyclic) bond motifs is 1. The highest BCUT2D eigenvalue weighted by atomic mass is 32.2. The topological polar surface area (TPSA) is 55.4 Å². The molecule has 2 atom stereocenters. The van der Waals surface area contributed by atoms with Crippen LogP contribution in [0.1, 0.15) is 33.3 Å². The van der Waals surface area contributed by atoms with Crippen molar-refractivity contribution in [1.29, 1.82) is 0 Å². The van der Waals surface area contributed by atoms with Crippen molar-refractivity contribution in [3.05, 3.63) is 48.0 Å². The lowest BCUT2D eigenvalue weighted by Crippen LogP contribution is -2.45. The largest absolute Gasteiger partial charge is 0.465 e. The van der Waals surface area contributed by atoms with Gasteiger partial charge >= 0.3 is 5.97 Å². The first-order valence-electron chi connectivity index (χ1n) is 8.14. The summed E-state index contributed by atoms with van der Waals surface area (Å²) >= 11 is 0. The quantitative estimate of drug-likeness (QED) is 0.815. The van der Waals surface area contributed by atoms with Crippen molar-refractivity contribution in [2.24, 2.45) is 0 Å². The summed E-state index contributed by atoms with van der Waals surface area (Å²) in [7, 11) is -1.35. The van der Waals surface area contributed by atoms with E-state index in [2.05, 4.69) is 4.72 Å². The van der Waals surface area contributed by atoms with Crippen LogP contribution in [0.3, 0.4) is 0 Å². The average Bonchev–Trinajstić information content (AvgIpc) is 2.53. The smallest absolute Gasteiger partial charge is 0.324 e. The zero-order valence-corrected chi connectivity index (χ0v) is 15.5. The highest BCUT2D eigenvalue weighted by Gasteiger charge is 2.28. The third-order valence-corrected chi connectivity index (χ3v) is 5.29. The molecule has 0 bridgehead atoms. The minimum absolute atomic E-state index is 0.300. The third kappa shape index (κ3) is 4.65. The van der Waals surface area contributed by atoms with Gasteiger partial charge in [0, 0.05) is 0 Å². The fourth-order valence-electron chi connectivity index (χ4n) is 2.41. The maximum atomic E-state index is 12.4. The summed E-state index contributed by atoms with van der Waals surface area (Å²) < 4.78 is 20.1. The minimum Gasteiger partial charge on any atom is -0.465 e. The number of esters is 1. The van der Waals surface area contributed by atoms with Crippen molar-refractivity contribution in [2.45, 2.75) is 44.9 Å². The van der Waals surface area contributed by atoms with E-state index in [0.717, 1.165) is 16.3 Å². The highest BCUT2D eigenvalue weighted by Crippen LogP contribution is 2.21. The van der Waals surface area contributed by atoms with Crippen LogP contribution in [0.25, 0.3) is 10.8 Å². The Morgan fingerprint density at radius 3 is 2.50 bits per heavy atom. The Morgan fingerprint density at radius 2 is 1.83 bits per heavy atom. The predicted octanol–water partition coefficient (Wildman–Crippen LogP) is 3.37. The second kappa shape index (κ2) is 7.90. The van der Waals surface area contributed by atoms with Gasteiger partial charge < -0.3 is 4.74 Å². The van der Waals surface area contributed by atoms with Crippen molar-refractivity contribution >= 4 is 27.7 Å². The molecule has 2 rings (SSSR count). The third-order valence-electron chi connectivity index (χ3n) is 3.68. The Kier molecular flexibility index (Phi) is 6.13. The van der Waals surface area contributed by atoms with Gasteiger partial charge in [-0.3, -0.25) is 4.79 Å². The van der Waals surface area contributed by atoms with Crippen molar-refractivity contribution in [2.75, 3.05) is 6.61 Å². The van der Waals surface area contributed by atoms with E-state index in [1.165, 1.54) is 0 Å². The first-order chi connectivity index (χ1) is 11.3. The molecule has 0 fully saturated rings. The van der Waals surface area contributed by atoms with E-state index in [1.54, 1.807) is 6.92 Å². The van der Waals surface area contributed by atoms with E-state index in [4.69, 9.17) is 4.74 Å². The normalized spacial score (nSPS) is 14.3. The number of nitrogens with one attached hydrogen (secondary N) is 1. The number of carbonyl (C=O) groups is 1. The molecule has 0 saturated carbocycles. The van der Waals surface area contributed by atoms with Gasteiger partial charge in [-0.2, -0.15) is 0 Å². The van der Waals surface area contributed by atoms with Gasteiger partial charge in [0.25, 0.3) is 0 Å². The zero-order chi connectivity index (χ0) is 17.7. The van der Waals surface area contributed by atoms with Gasteiger partial charge in [-0.25, -0.2) is 8.93 Å². The highest BCUT2D eigenvalue weighted by molar-refractivity contribution is 7.84. The maximum Gasteiger partial charge on any atom is 0.324 e. The lowest BCUT2D eigenvalue weighted by Gasteiger charge is -2.23. The summed E-state index contributed by atoms with van der Waals surface area (Å²) in [6, 6.07) is 13.4. The number of hydrogen-bond donors (Lipinski definition) is 1. The molecule has 0 aromatic heterocycles. The molecule has 2 aromatic carbocycles. The van der Waals surface area contributed by atoms with Gasteiger partial charge in [-0.05, 0) is 50.5 Å². The molecule has 0 aliphatic rings. The number of ether oxygens (including phenoxy) is 1. The second-order valence-corrected chi connectivity index (χ2v) is 8.64. The molecule has 0 heterocycles. The second-order valence-electron chi connectivity index (χ2n) is 6.65. The summed E-state index contributed by atoms with van der Waals surface area (Å²) in [6.07, 6.45) is 0.433. The number of benzene rings is 2. The number of rotatable bonds is 6. The number of carbonyl (C=O) groups excluding carboxylic acids is 1. The molecule has 2 aromatic rings. The van der Waals surface area contributed by atoms with Crippen LogP contribution in [0.5, 0.6) is 0 Å². The Labute approximate surface area is 146 Å². The van der Waals surface area contributed by atoms with Gasteiger partial charge in [-0.15, -0.1) is 0 Å². The monoisotopic (exact) mass is 347 g/mol. The van der Waals surface area contributed by atoms with Crippen molar-refractivity contribution < 1.29 is 13.7 Å². The van der Waals surface area contributed by atoms with Gasteiger partial charge in [0.2, 0.25) is 0 Å². The number of hydrogen-bond acceptors (Lipinski definition) is 3. The van der Waals surface area contributed by atoms with Gasteiger partial charge in [0.15, 0.2) is 0 Å². The SMILES string of the molecule is CCOC(=O)[C@@H](Cc1cccc2ccccc12)N[S@](=O)C(C)(C)C. The van der Waals surface area contributed by atoms with E-state index in [9.17, 15) is 9.00 Å². The van der Waals surface area contributed by atoms with Crippen molar-refractivity contribution in [3.63, 3.8) is 0 Å². The van der Waals surface area contributed by atoms with Crippen LogP contribution in [-0.2, 0) is 26.9 Å². The Balaban J connectivity index is 2.30. The molecular weight excluding hydrogens is 322 g/mol. The van der Waals surface area contributed by atoms with Gasteiger partial charge in [-0.1, -0.05) is 42.5 Å². The van der Waals surface area contributed by atoms with E-state index >= 15 is 0 Å². The van der Waals surface area contributed by atoms with Gasteiger partial charge in [0.05, 0.1) is 22.3 Å². The first-order valence-corrected chi connectivity index (χ1v) is 9.29. The Morgan fingerprint density at radius 1 is 1.17 bits per heavy atom.